The Morgan fingerprint density at radius 3 is 2.52 bits per heavy atom. The number of carbonyl (C=O) groups is 2. The Morgan fingerprint density at radius 1 is 1.19 bits per heavy atom. The Hall–Kier alpha value is -1.62. The Morgan fingerprint density at radius 2 is 1.86 bits per heavy atom. The standard InChI is InChI=1S/C15H18ClFN2O2/c1-2-14(20)18-6-3-7-19(9-8-18)15(21)11-4-5-13(17)12(16)10-11/h4-5,10H,2-3,6-9H2,1H3. The van der Waals surface area contributed by atoms with Crippen molar-refractivity contribution in [1.82, 2.24) is 9.80 Å². The third-order valence-corrected chi connectivity index (χ3v) is 3.89. The van der Waals surface area contributed by atoms with Crippen molar-refractivity contribution in [2.24, 2.45) is 0 Å². The zero-order chi connectivity index (χ0) is 15.4. The molecular weight excluding hydrogens is 295 g/mol. The molecular formula is C15H18ClFN2O2. The molecule has 1 aromatic carbocycles. The van der Waals surface area contributed by atoms with Gasteiger partial charge in [-0.1, -0.05) is 18.5 Å². The smallest absolute Gasteiger partial charge is 0.253 e. The third kappa shape index (κ3) is 3.73. The van der Waals surface area contributed by atoms with Gasteiger partial charge in [-0.05, 0) is 24.6 Å². The third-order valence-electron chi connectivity index (χ3n) is 3.60. The van der Waals surface area contributed by atoms with Gasteiger partial charge in [-0.2, -0.15) is 0 Å². The van der Waals surface area contributed by atoms with Crippen LogP contribution in [0.15, 0.2) is 18.2 Å². The van der Waals surface area contributed by atoms with E-state index in [2.05, 4.69) is 0 Å². The van der Waals surface area contributed by atoms with Crippen LogP contribution in [0.5, 0.6) is 0 Å². The Balaban J connectivity index is 2.06. The van der Waals surface area contributed by atoms with E-state index in [0.717, 1.165) is 6.42 Å². The molecule has 0 aromatic heterocycles. The lowest BCUT2D eigenvalue weighted by atomic mass is 10.2. The maximum absolute atomic E-state index is 13.1. The van der Waals surface area contributed by atoms with Crippen LogP contribution in [0.2, 0.25) is 5.02 Å². The molecule has 1 aromatic rings. The van der Waals surface area contributed by atoms with Crippen molar-refractivity contribution in [3.8, 4) is 0 Å². The van der Waals surface area contributed by atoms with Crippen molar-refractivity contribution in [3.05, 3.63) is 34.6 Å². The minimum atomic E-state index is -0.538. The molecule has 0 radical (unpaired) electrons. The molecule has 0 spiro atoms. The average molecular weight is 313 g/mol. The summed E-state index contributed by atoms with van der Waals surface area (Å²) in [7, 11) is 0. The van der Waals surface area contributed by atoms with Crippen LogP contribution in [-0.4, -0.2) is 47.8 Å². The highest BCUT2D eigenvalue weighted by molar-refractivity contribution is 6.31. The van der Waals surface area contributed by atoms with Crippen LogP contribution < -0.4 is 0 Å². The molecule has 0 N–H and O–H groups in total. The van der Waals surface area contributed by atoms with Gasteiger partial charge in [-0.3, -0.25) is 9.59 Å². The topological polar surface area (TPSA) is 40.6 Å². The molecule has 21 heavy (non-hydrogen) atoms. The summed E-state index contributed by atoms with van der Waals surface area (Å²) in [5.41, 5.74) is 0.372. The molecule has 4 nitrogen and oxygen atoms in total. The van der Waals surface area contributed by atoms with Crippen LogP contribution in [0.3, 0.4) is 0 Å². The first-order chi connectivity index (χ1) is 10.0. The molecule has 0 atom stereocenters. The monoisotopic (exact) mass is 312 g/mol. The zero-order valence-electron chi connectivity index (χ0n) is 11.9. The Labute approximate surface area is 128 Å². The zero-order valence-corrected chi connectivity index (χ0v) is 12.7. The molecule has 1 heterocycles. The summed E-state index contributed by atoms with van der Waals surface area (Å²) < 4.78 is 13.1. The first-order valence-corrected chi connectivity index (χ1v) is 7.42. The van der Waals surface area contributed by atoms with Crippen LogP contribution in [0.4, 0.5) is 4.39 Å². The van der Waals surface area contributed by atoms with Crippen LogP contribution in [0.1, 0.15) is 30.1 Å². The fraction of sp³-hybridized carbons (Fsp3) is 0.467. The minimum Gasteiger partial charge on any atom is -0.341 e. The molecule has 2 rings (SSSR count). The van der Waals surface area contributed by atoms with Crippen LogP contribution in [0.25, 0.3) is 0 Å². The second-order valence-electron chi connectivity index (χ2n) is 5.01. The average Bonchev–Trinajstić information content (AvgIpc) is 2.74. The van der Waals surface area contributed by atoms with E-state index in [-0.39, 0.29) is 16.8 Å². The Bertz CT molecular complexity index is 550. The quantitative estimate of drug-likeness (QED) is 0.842. The summed E-state index contributed by atoms with van der Waals surface area (Å²) in [4.78, 5) is 27.6. The summed E-state index contributed by atoms with van der Waals surface area (Å²) in [6, 6.07) is 3.97. The van der Waals surface area contributed by atoms with Crippen LogP contribution >= 0.6 is 11.6 Å². The van der Waals surface area contributed by atoms with Gasteiger partial charge in [-0.15, -0.1) is 0 Å². The van der Waals surface area contributed by atoms with Crippen molar-refractivity contribution in [2.75, 3.05) is 26.2 Å². The van der Waals surface area contributed by atoms with Gasteiger partial charge in [0.1, 0.15) is 5.82 Å². The molecule has 6 heteroatoms. The van der Waals surface area contributed by atoms with Crippen LogP contribution in [-0.2, 0) is 4.79 Å². The number of carbonyl (C=O) groups excluding carboxylic acids is 2. The SMILES string of the molecule is CCC(=O)N1CCCN(C(=O)c2ccc(F)c(Cl)c2)CC1. The van der Waals surface area contributed by atoms with E-state index in [0.29, 0.717) is 38.2 Å². The van der Waals surface area contributed by atoms with E-state index in [1.54, 1.807) is 9.80 Å². The highest BCUT2D eigenvalue weighted by Gasteiger charge is 2.22. The molecule has 1 fully saturated rings. The van der Waals surface area contributed by atoms with E-state index >= 15 is 0 Å². The molecule has 0 aliphatic carbocycles. The van der Waals surface area contributed by atoms with E-state index in [9.17, 15) is 14.0 Å². The number of nitrogens with zero attached hydrogens (tertiary/aromatic N) is 2. The van der Waals surface area contributed by atoms with Crippen molar-refractivity contribution >= 4 is 23.4 Å². The number of hydrogen-bond donors (Lipinski definition) is 0. The minimum absolute atomic E-state index is 0.0570. The van der Waals surface area contributed by atoms with Crippen LogP contribution in [0, 0.1) is 5.82 Å². The van der Waals surface area contributed by atoms with Crippen molar-refractivity contribution in [3.63, 3.8) is 0 Å². The molecule has 0 saturated carbocycles. The van der Waals surface area contributed by atoms with Crippen molar-refractivity contribution in [2.45, 2.75) is 19.8 Å². The molecule has 2 amide bonds. The fourth-order valence-corrected chi connectivity index (χ4v) is 2.59. The van der Waals surface area contributed by atoms with Gasteiger partial charge in [0.15, 0.2) is 0 Å². The van der Waals surface area contributed by atoms with E-state index in [4.69, 9.17) is 11.6 Å². The number of halogens is 2. The molecule has 0 unspecified atom stereocenters. The predicted octanol–water partition coefficient (Wildman–Crippen LogP) is 2.56. The summed E-state index contributed by atoms with van der Waals surface area (Å²) in [6.45, 7) is 4.10. The fourth-order valence-electron chi connectivity index (χ4n) is 2.41. The van der Waals surface area contributed by atoms with Gasteiger partial charge in [0.25, 0.3) is 5.91 Å². The van der Waals surface area contributed by atoms with Gasteiger partial charge in [-0.25, -0.2) is 4.39 Å². The molecule has 114 valence electrons. The summed E-state index contributed by atoms with van der Waals surface area (Å²) in [5.74, 6) is -0.611. The number of hydrogen-bond acceptors (Lipinski definition) is 2. The second-order valence-corrected chi connectivity index (χ2v) is 5.42. The lowest BCUT2D eigenvalue weighted by Crippen LogP contribution is -2.37. The Kier molecular flexibility index (Phi) is 5.17. The van der Waals surface area contributed by atoms with Gasteiger partial charge in [0.05, 0.1) is 5.02 Å². The summed E-state index contributed by atoms with van der Waals surface area (Å²) in [6.07, 6.45) is 1.22. The van der Waals surface area contributed by atoms with Crippen molar-refractivity contribution < 1.29 is 14.0 Å². The molecule has 1 aliphatic rings. The lowest BCUT2D eigenvalue weighted by Gasteiger charge is -2.22. The molecule has 1 saturated heterocycles. The largest absolute Gasteiger partial charge is 0.341 e. The van der Waals surface area contributed by atoms with Gasteiger partial charge >= 0.3 is 0 Å². The van der Waals surface area contributed by atoms with Gasteiger partial charge in [0.2, 0.25) is 5.91 Å². The first-order valence-electron chi connectivity index (χ1n) is 7.05. The summed E-state index contributed by atoms with van der Waals surface area (Å²) >= 11 is 5.71. The van der Waals surface area contributed by atoms with E-state index in [1.807, 2.05) is 6.92 Å². The highest BCUT2D eigenvalue weighted by atomic mass is 35.5. The van der Waals surface area contributed by atoms with Crippen molar-refractivity contribution in [1.29, 1.82) is 0 Å². The maximum Gasteiger partial charge on any atom is 0.253 e. The maximum atomic E-state index is 13.1. The van der Waals surface area contributed by atoms with Gasteiger partial charge in [0, 0.05) is 38.2 Å². The van der Waals surface area contributed by atoms with E-state index in [1.165, 1.54) is 18.2 Å². The lowest BCUT2D eigenvalue weighted by molar-refractivity contribution is -0.130. The first kappa shape index (κ1) is 15.8. The predicted molar refractivity (Wildman–Crippen MR) is 78.8 cm³/mol. The van der Waals surface area contributed by atoms with Gasteiger partial charge < -0.3 is 9.80 Å². The number of benzene rings is 1. The summed E-state index contributed by atoms with van der Waals surface area (Å²) in [5, 5.41) is -0.0570. The van der Waals surface area contributed by atoms with E-state index < -0.39 is 5.82 Å². The second kappa shape index (κ2) is 6.89. The number of amides is 2. The molecule has 1 aliphatic heterocycles. The highest BCUT2D eigenvalue weighted by Crippen LogP contribution is 2.18. The number of rotatable bonds is 2. The molecule has 0 bridgehead atoms. The normalized spacial score (nSPS) is 15.8.